The van der Waals surface area contributed by atoms with Crippen LogP contribution in [0.5, 0.6) is 0 Å². The Labute approximate surface area is 260 Å². The van der Waals surface area contributed by atoms with Gasteiger partial charge >= 0.3 is 5.97 Å². The molecule has 218 valence electrons. The average molecular weight is 589 g/mol. The minimum Gasteiger partial charge on any atom is -0.477 e. The first-order chi connectivity index (χ1) is 22.1. The molecule has 0 saturated carbocycles. The van der Waals surface area contributed by atoms with E-state index in [-0.39, 0.29) is 5.69 Å². The molecule has 7 rings (SSSR count). The zero-order chi connectivity index (χ0) is 30.7. The van der Waals surface area contributed by atoms with Gasteiger partial charge in [-0.2, -0.15) is 0 Å². The van der Waals surface area contributed by atoms with Gasteiger partial charge in [-0.1, -0.05) is 140 Å². The third-order valence-electron chi connectivity index (χ3n) is 8.41. The van der Waals surface area contributed by atoms with Crippen molar-refractivity contribution in [2.75, 3.05) is 0 Å². The van der Waals surface area contributed by atoms with Crippen molar-refractivity contribution in [1.29, 1.82) is 0 Å². The van der Waals surface area contributed by atoms with Crippen molar-refractivity contribution in [2.24, 2.45) is 20.7 Å². The zero-order valence-corrected chi connectivity index (χ0v) is 24.2. The van der Waals surface area contributed by atoms with Crippen molar-refractivity contribution in [3.8, 4) is 11.1 Å². The molecule has 0 spiro atoms. The molecule has 0 unspecified atom stereocenters. The Bertz CT molecular complexity index is 1890. The molecule has 0 saturated heterocycles. The van der Waals surface area contributed by atoms with E-state index in [1.165, 1.54) is 12.5 Å². The SMILES string of the molecule is O=C(O)c1cncn1Cc1ccc(-c2ccccc2C2(C(c3ccccc3)(c3ccccc3)c3ccccc3)N=NN=N2)cc1. The lowest BCUT2D eigenvalue weighted by molar-refractivity contribution is 0.0685. The number of nitrogens with zero attached hydrogens (tertiary/aromatic N) is 6. The molecule has 0 amide bonds. The highest BCUT2D eigenvalue weighted by molar-refractivity contribution is 5.85. The lowest BCUT2D eigenvalue weighted by Gasteiger charge is -2.45. The Morgan fingerprint density at radius 1 is 0.667 bits per heavy atom. The number of hydrogen-bond acceptors (Lipinski definition) is 6. The van der Waals surface area contributed by atoms with Gasteiger partial charge in [-0.25, -0.2) is 9.78 Å². The van der Waals surface area contributed by atoms with Gasteiger partial charge < -0.3 is 9.67 Å². The van der Waals surface area contributed by atoms with E-state index in [4.69, 9.17) is 10.2 Å². The molecular formula is C37H28N6O2. The minimum absolute atomic E-state index is 0.141. The topological polar surface area (TPSA) is 105 Å². The van der Waals surface area contributed by atoms with Crippen molar-refractivity contribution >= 4 is 5.97 Å². The van der Waals surface area contributed by atoms with Gasteiger partial charge in [0.05, 0.1) is 17.9 Å². The van der Waals surface area contributed by atoms with Gasteiger partial charge in [0.15, 0.2) is 0 Å². The molecule has 2 heterocycles. The van der Waals surface area contributed by atoms with Crippen LogP contribution in [0.1, 0.15) is 38.3 Å². The first kappa shape index (κ1) is 27.8. The van der Waals surface area contributed by atoms with Gasteiger partial charge in [-0.15, -0.1) is 10.2 Å². The van der Waals surface area contributed by atoms with E-state index in [2.05, 4.69) is 64.0 Å². The number of aromatic nitrogens is 2. The van der Waals surface area contributed by atoms with Crippen LogP contribution in [-0.2, 0) is 17.6 Å². The molecule has 1 aliphatic heterocycles. The maximum Gasteiger partial charge on any atom is 0.354 e. The third-order valence-corrected chi connectivity index (χ3v) is 8.41. The number of imidazole rings is 1. The van der Waals surface area contributed by atoms with Gasteiger partial charge in [0.1, 0.15) is 5.69 Å². The van der Waals surface area contributed by atoms with Gasteiger partial charge in [-0.3, -0.25) is 0 Å². The Hall–Kier alpha value is -6.02. The highest BCUT2D eigenvalue weighted by Crippen LogP contribution is 2.58. The maximum absolute atomic E-state index is 11.6. The summed E-state index contributed by atoms with van der Waals surface area (Å²) in [6.07, 6.45) is 2.89. The monoisotopic (exact) mass is 588 g/mol. The lowest BCUT2D eigenvalue weighted by atomic mass is 9.59. The van der Waals surface area contributed by atoms with E-state index >= 15 is 0 Å². The number of benzene rings is 5. The summed E-state index contributed by atoms with van der Waals surface area (Å²) in [5.41, 5.74) is 4.60. The molecule has 8 heteroatoms. The maximum atomic E-state index is 11.6. The molecule has 0 fully saturated rings. The summed E-state index contributed by atoms with van der Waals surface area (Å²) in [4.78, 5) is 15.6. The molecular weight excluding hydrogens is 560 g/mol. The second kappa shape index (κ2) is 11.6. The number of carbonyl (C=O) groups is 1. The second-order valence-electron chi connectivity index (χ2n) is 10.9. The quantitative estimate of drug-likeness (QED) is 0.172. The summed E-state index contributed by atoms with van der Waals surface area (Å²) in [7, 11) is 0. The summed E-state index contributed by atoms with van der Waals surface area (Å²) < 4.78 is 1.62. The number of carboxylic acid groups (broad SMARTS) is 1. The first-order valence-electron chi connectivity index (χ1n) is 14.6. The molecule has 1 aliphatic rings. The van der Waals surface area contributed by atoms with Gasteiger partial charge in [0.25, 0.3) is 0 Å². The molecule has 0 bridgehead atoms. The molecule has 1 N–H and O–H groups in total. The van der Waals surface area contributed by atoms with E-state index in [0.29, 0.717) is 6.54 Å². The summed E-state index contributed by atoms with van der Waals surface area (Å²) in [5, 5.41) is 27.8. The van der Waals surface area contributed by atoms with Crippen LogP contribution in [0.25, 0.3) is 11.1 Å². The van der Waals surface area contributed by atoms with Crippen molar-refractivity contribution in [2.45, 2.75) is 17.6 Å². The predicted molar refractivity (Wildman–Crippen MR) is 171 cm³/mol. The van der Waals surface area contributed by atoms with Crippen LogP contribution in [0.3, 0.4) is 0 Å². The molecule has 6 aromatic rings. The van der Waals surface area contributed by atoms with Crippen LogP contribution >= 0.6 is 0 Å². The molecule has 0 aliphatic carbocycles. The van der Waals surface area contributed by atoms with Gasteiger partial charge in [0.2, 0.25) is 5.66 Å². The number of hydrogen-bond donors (Lipinski definition) is 1. The van der Waals surface area contributed by atoms with Crippen molar-refractivity contribution in [3.05, 3.63) is 186 Å². The van der Waals surface area contributed by atoms with Crippen molar-refractivity contribution in [1.82, 2.24) is 9.55 Å². The first-order valence-corrected chi connectivity index (χ1v) is 14.6. The predicted octanol–water partition coefficient (Wildman–Crippen LogP) is 8.32. The Balaban J connectivity index is 1.44. The summed E-state index contributed by atoms with van der Waals surface area (Å²) in [6.45, 7) is 0.384. The molecule has 1 aromatic heterocycles. The Morgan fingerprint density at radius 3 is 1.71 bits per heavy atom. The highest BCUT2D eigenvalue weighted by atomic mass is 16.4. The van der Waals surface area contributed by atoms with Crippen LogP contribution in [0, 0.1) is 0 Å². The average Bonchev–Trinajstić information content (AvgIpc) is 3.79. The van der Waals surface area contributed by atoms with Gasteiger partial charge in [0, 0.05) is 12.1 Å². The Kier molecular flexibility index (Phi) is 7.15. The van der Waals surface area contributed by atoms with E-state index in [1.54, 1.807) is 4.57 Å². The van der Waals surface area contributed by atoms with Crippen LogP contribution < -0.4 is 0 Å². The molecule has 0 atom stereocenters. The standard InChI is InChI=1S/C37H28N6O2/c44-35(45)34-24-38-26-43(34)25-27-20-22-28(23-21-27)32-18-10-11-19-33(32)37(39-41-42-40-37)36(29-12-4-1-5-13-29,30-14-6-2-7-15-30)31-16-8-3-9-17-31/h1-24,26H,25H2,(H,44,45). The largest absolute Gasteiger partial charge is 0.477 e. The summed E-state index contributed by atoms with van der Waals surface area (Å²) in [6, 6.07) is 47.1. The number of carboxylic acids is 1. The van der Waals surface area contributed by atoms with Crippen LogP contribution in [0.4, 0.5) is 0 Å². The van der Waals surface area contributed by atoms with E-state index in [9.17, 15) is 9.90 Å². The Morgan fingerprint density at radius 2 is 1.18 bits per heavy atom. The molecule has 0 radical (unpaired) electrons. The normalized spacial score (nSPS) is 13.6. The molecule has 5 aromatic carbocycles. The fourth-order valence-electron chi connectivity index (χ4n) is 6.47. The smallest absolute Gasteiger partial charge is 0.354 e. The lowest BCUT2D eigenvalue weighted by Crippen LogP contribution is -2.48. The van der Waals surface area contributed by atoms with Crippen molar-refractivity contribution < 1.29 is 9.90 Å². The van der Waals surface area contributed by atoms with Crippen LogP contribution in [-0.4, -0.2) is 20.6 Å². The van der Waals surface area contributed by atoms with Crippen LogP contribution in [0.2, 0.25) is 0 Å². The third kappa shape index (κ3) is 4.64. The zero-order valence-electron chi connectivity index (χ0n) is 24.2. The van der Waals surface area contributed by atoms with E-state index in [0.717, 1.165) is 38.9 Å². The van der Waals surface area contributed by atoms with Crippen LogP contribution in [0.15, 0.2) is 173 Å². The number of aromatic carboxylic acids is 1. The highest BCUT2D eigenvalue weighted by Gasteiger charge is 2.60. The van der Waals surface area contributed by atoms with Gasteiger partial charge in [-0.05, 0) is 43.8 Å². The van der Waals surface area contributed by atoms with Crippen molar-refractivity contribution in [3.63, 3.8) is 0 Å². The fraction of sp³-hybridized carbons (Fsp3) is 0.0811. The minimum atomic E-state index is -1.29. The van der Waals surface area contributed by atoms with E-state index < -0.39 is 17.0 Å². The molecule has 45 heavy (non-hydrogen) atoms. The van der Waals surface area contributed by atoms with E-state index in [1.807, 2.05) is 91.0 Å². The summed E-state index contributed by atoms with van der Waals surface area (Å²) in [5.74, 6) is -1.01. The second-order valence-corrected chi connectivity index (χ2v) is 10.9. The number of rotatable bonds is 9. The summed E-state index contributed by atoms with van der Waals surface area (Å²) >= 11 is 0. The fourth-order valence-corrected chi connectivity index (χ4v) is 6.47. The molecule has 8 nitrogen and oxygen atoms in total.